The molecule has 25 heavy (non-hydrogen) atoms. The van der Waals surface area contributed by atoms with Gasteiger partial charge >= 0.3 is 0 Å². The van der Waals surface area contributed by atoms with E-state index in [0.29, 0.717) is 6.61 Å². The Morgan fingerprint density at radius 2 is 2.00 bits per heavy atom. The number of halogens is 1. The van der Waals surface area contributed by atoms with E-state index in [-0.39, 0.29) is 0 Å². The zero-order chi connectivity index (χ0) is 17.5. The average molecular weight is 373 g/mol. The van der Waals surface area contributed by atoms with Crippen molar-refractivity contribution in [1.29, 1.82) is 0 Å². The molecular formula is C20H21ClN2OS. The Balaban J connectivity index is 1.46. The van der Waals surface area contributed by atoms with Gasteiger partial charge in [0.15, 0.2) is 0 Å². The number of rotatable bonds is 8. The molecule has 0 fully saturated rings. The number of nitrogens with zero attached hydrogens (tertiary/aromatic N) is 1. The van der Waals surface area contributed by atoms with Crippen molar-refractivity contribution in [2.45, 2.75) is 26.5 Å². The molecule has 3 aromatic rings. The topological polar surface area (TPSA) is 34.2 Å². The van der Waals surface area contributed by atoms with E-state index in [1.54, 1.807) is 11.3 Å². The first-order valence-electron chi connectivity index (χ1n) is 8.28. The number of aromatic nitrogens is 1. The highest BCUT2D eigenvalue weighted by atomic mass is 35.5. The summed E-state index contributed by atoms with van der Waals surface area (Å²) in [6, 6.07) is 16.0. The molecule has 0 atom stereocenters. The number of hydrogen-bond acceptors (Lipinski definition) is 4. The summed E-state index contributed by atoms with van der Waals surface area (Å²) < 4.78 is 5.80. The first-order chi connectivity index (χ1) is 12.2. The lowest BCUT2D eigenvalue weighted by Gasteiger charge is -2.10. The maximum atomic E-state index is 6.38. The smallest absolute Gasteiger partial charge is 0.121 e. The molecule has 130 valence electrons. The monoisotopic (exact) mass is 372 g/mol. The molecule has 0 aliphatic carbocycles. The molecule has 0 unspecified atom stereocenters. The van der Waals surface area contributed by atoms with Crippen LogP contribution in [0.4, 0.5) is 0 Å². The molecular weight excluding hydrogens is 352 g/mol. The predicted octanol–water partition coefficient (Wildman–Crippen LogP) is 5.02. The molecule has 5 heteroatoms. The molecule has 0 aliphatic heterocycles. The van der Waals surface area contributed by atoms with Crippen LogP contribution in [0.15, 0.2) is 54.7 Å². The van der Waals surface area contributed by atoms with Gasteiger partial charge in [-0.1, -0.05) is 48.0 Å². The highest BCUT2D eigenvalue weighted by molar-refractivity contribution is 7.11. The Morgan fingerprint density at radius 3 is 2.72 bits per heavy atom. The van der Waals surface area contributed by atoms with Crippen LogP contribution in [0, 0.1) is 6.92 Å². The molecule has 3 rings (SSSR count). The lowest BCUT2D eigenvalue weighted by Crippen LogP contribution is -2.16. The number of thiazole rings is 1. The number of hydrogen-bond donors (Lipinski definition) is 1. The van der Waals surface area contributed by atoms with Crippen LogP contribution >= 0.6 is 22.9 Å². The second-order valence-electron chi connectivity index (χ2n) is 5.82. The summed E-state index contributed by atoms with van der Waals surface area (Å²) in [5.41, 5.74) is 2.21. The van der Waals surface area contributed by atoms with Gasteiger partial charge in [0.2, 0.25) is 0 Å². The molecule has 0 spiro atoms. The number of aryl methyl sites for hydroxylation is 1. The maximum absolute atomic E-state index is 6.38. The maximum Gasteiger partial charge on any atom is 0.121 e. The van der Waals surface area contributed by atoms with E-state index in [1.165, 1.54) is 9.88 Å². The molecule has 0 bridgehead atoms. The molecule has 0 aliphatic rings. The van der Waals surface area contributed by atoms with E-state index >= 15 is 0 Å². The van der Waals surface area contributed by atoms with E-state index in [1.807, 2.05) is 54.7 Å². The lowest BCUT2D eigenvalue weighted by molar-refractivity contribution is 0.306. The van der Waals surface area contributed by atoms with Gasteiger partial charge in [0.25, 0.3) is 0 Å². The van der Waals surface area contributed by atoms with E-state index in [4.69, 9.17) is 16.3 Å². The second kappa shape index (κ2) is 8.99. The van der Waals surface area contributed by atoms with Crippen molar-refractivity contribution in [1.82, 2.24) is 10.3 Å². The number of benzene rings is 2. The van der Waals surface area contributed by atoms with Crippen molar-refractivity contribution in [3.63, 3.8) is 0 Å². The van der Waals surface area contributed by atoms with Crippen LogP contribution in [-0.2, 0) is 19.6 Å². The summed E-state index contributed by atoms with van der Waals surface area (Å²) in [6.45, 7) is 4.25. The summed E-state index contributed by atoms with van der Waals surface area (Å²) in [7, 11) is 0. The SMILES string of the molecule is Cc1cnc(CCNCc2ccc(OCc3ccccc3)cc2Cl)s1. The van der Waals surface area contributed by atoms with E-state index < -0.39 is 0 Å². The van der Waals surface area contributed by atoms with Crippen LogP contribution in [-0.4, -0.2) is 11.5 Å². The van der Waals surface area contributed by atoms with Gasteiger partial charge in [0.05, 0.1) is 5.01 Å². The zero-order valence-electron chi connectivity index (χ0n) is 14.2. The standard InChI is InChI=1S/C20H21ClN2OS/c1-15-12-23-20(25-15)9-10-22-13-17-7-8-18(11-19(17)21)24-14-16-5-3-2-4-6-16/h2-8,11-12,22H,9-10,13-14H2,1H3. The van der Waals surface area contributed by atoms with Gasteiger partial charge < -0.3 is 10.1 Å². The molecule has 3 nitrogen and oxygen atoms in total. The summed E-state index contributed by atoms with van der Waals surface area (Å²) in [4.78, 5) is 5.62. The van der Waals surface area contributed by atoms with Crippen LogP contribution in [0.3, 0.4) is 0 Å². The number of nitrogens with one attached hydrogen (secondary N) is 1. The quantitative estimate of drug-likeness (QED) is 0.564. The fourth-order valence-electron chi connectivity index (χ4n) is 2.44. The summed E-state index contributed by atoms with van der Waals surface area (Å²) in [6.07, 6.45) is 2.86. The minimum absolute atomic E-state index is 0.544. The third-order valence-corrected chi connectivity index (χ3v) is 5.10. The van der Waals surface area contributed by atoms with Crippen LogP contribution < -0.4 is 10.1 Å². The third-order valence-electron chi connectivity index (χ3n) is 3.77. The van der Waals surface area contributed by atoms with Crippen LogP contribution in [0.2, 0.25) is 5.02 Å². The Hall–Kier alpha value is -1.88. The Morgan fingerprint density at radius 1 is 1.16 bits per heavy atom. The Labute approximate surface area is 157 Å². The molecule has 1 N–H and O–H groups in total. The average Bonchev–Trinajstić information content (AvgIpc) is 3.04. The van der Waals surface area contributed by atoms with Gasteiger partial charge in [0, 0.05) is 35.6 Å². The van der Waals surface area contributed by atoms with Crippen LogP contribution in [0.25, 0.3) is 0 Å². The largest absolute Gasteiger partial charge is 0.489 e. The van der Waals surface area contributed by atoms with Gasteiger partial charge in [-0.3, -0.25) is 0 Å². The van der Waals surface area contributed by atoms with Crippen molar-refractivity contribution < 1.29 is 4.74 Å². The molecule has 1 aromatic heterocycles. The summed E-state index contributed by atoms with van der Waals surface area (Å²) >= 11 is 8.13. The minimum atomic E-state index is 0.544. The van der Waals surface area contributed by atoms with Crippen molar-refractivity contribution in [2.75, 3.05) is 6.54 Å². The minimum Gasteiger partial charge on any atom is -0.489 e. The van der Waals surface area contributed by atoms with Gasteiger partial charge in [-0.15, -0.1) is 11.3 Å². The molecule has 0 radical (unpaired) electrons. The van der Waals surface area contributed by atoms with Crippen molar-refractivity contribution in [2.24, 2.45) is 0 Å². The molecule has 0 amide bonds. The van der Waals surface area contributed by atoms with Gasteiger partial charge in [-0.05, 0) is 30.2 Å². The van der Waals surface area contributed by atoms with Crippen LogP contribution in [0.5, 0.6) is 5.75 Å². The second-order valence-corrected chi connectivity index (χ2v) is 7.55. The summed E-state index contributed by atoms with van der Waals surface area (Å²) in [5, 5.41) is 5.31. The molecule has 1 heterocycles. The molecule has 2 aromatic carbocycles. The Kier molecular flexibility index (Phi) is 6.45. The molecule has 0 saturated heterocycles. The van der Waals surface area contributed by atoms with Gasteiger partial charge in [0.1, 0.15) is 12.4 Å². The Bertz CT molecular complexity index is 804. The fourth-order valence-corrected chi connectivity index (χ4v) is 3.46. The zero-order valence-corrected chi connectivity index (χ0v) is 15.7. The van der Waals surface area contributed by atoms with Crippen LogP contribution in [0.1, 0.15) is 21.0 Å². The fraction of sp³-hybridized carbons (Fsp3) is 0.250. The highest BCUT2D eigenvalue weighted by Crippen LogP contribution is 2.23. The third kappa shape index (κ3) is 5.56. The van der Waals surface area contributed by atoms with Crippen molar-refractivity contribution in [3.05, 3.63) is 80.8 Å². The first-order valence-corrected chi connectivity index (χ1v) is 9.47. The van der Waals surface area contributed by atoms with Crippen molar-refractivity contribution in [3.8, 4) is 5.75 Å². The van der Waals surface area contributed by atoms with E-state index in [9.17, 15) is 0 Å². The van der Waals surface area contributed by atoms with Gasteiger partial charge in [-0.25, -0.2) is 4.98 Å². The summed E-state index contributed by atoms with van der Waals surface area (Å²) in [5.74, 6) is 0.788. The predicted molar refractivity (Wildman–Crippen MR) is 104 cm³/mol. The highest BCUT2D eigenvalue weighted by Gasteiger charge is 2.04. The first kappa shape index (κ1) is 17.9. The normalized spacial score (nSPS) is 10.8. The molecule has 0 saturated carbocycles. The lowest BCUT2D eigenvalue weighted by atomic mass is 10.2. The van der Waals surface area contributed by atoms with E-state index in [2.05, 4.69) is 17.2 Å². The van der Waals surface area contributed by atoms with Crippen molar-refractivity contribution >= 4 is 22.9 Å². The number of ether oxygens (including phenoxy) is 1. The van der Waals surface area contributed by atoms with Gasteiger partial charge in [-0.2, -0.15) is 0 Å². The van der Waals surface area contributed by atoms with E-state index in [0.717, 1.165) is 41.4 Å².